The van der Waals surface area contributed by atoms with Gasteiger partial charge in [0.1, 0.15) is 11.5 Å². The van der Waals surface area contributed by atoms with Gasteiger partial charge in [0.15, 0.2) is 0 Å². The number of benzene rings is 1. The third-order valence-corrected chi connectivity index (χ3v) is 2.66. The van der Waals surface area contributed by atoms with Crippen LogP contribution in [0, 0.1) is 5.82 Å². The van der Waals surface area contributed by atoms with E-state index in [2.05, 4.69) is 10.3 Å². The lowest BCUT2D eigenvalue weighted by Gasteiger charge is -2.05. The normalized spacial score (nSPS) is 10.5. The SMILES string of the molecule is NCCn1cnc(C(=O)Nc2cc(Cl)ccc2F)c1. The Hall–Kier alpha value is -1.92. The number of nitrogens with two attached hydrogens (primary N) is 1. The van der Waals surface area contributed by atoms with Crippen LogP contribution in [-0.2, 0) is 6.54 Å². The van der Waals surface area contributed by atoms with Crippen molar-refractivity contribution in [1.29, 1.82) is 0 Å². The van der Waals surface area contributed by atoms with Crippen LogP contribution in [-0.4, -0.2) is 22.0 Å². The number of amides is 1. The molecule has 2 aromatic rings. The summed E-state index contributed by atoms with van der Waals surface area (Å²) in [5.74, 6) is -1.06. The van der Waals surface area contributed by atoms with Crippen molar-refractivity contribution in [3.63, 3.8) is 0 Å². The zero-order valence-corrected chi connectivity index (χ0v) is 10.7. The highest BCUT2D eigenvalue weighted by atomic mass is 35.5. The van der Waals surface area contributed by atoms with Crippen LogP contribution in [0.15, 0.2) is 30.7 Å². The van der Waals surface area contributed by atoms with Crippen LogP contribution in [0.25, 0.3) is 0 Å². The van der Waals surface area contributed by atoms with Gasteiger partial charge in [-0.1, -0.05) is 11.6 Å². The zero-order chi connectivity index (χ0) is 13.8. The molecule has 0 fully saturated rings. The van der Waals surface area contributed by atoms with E-state index < -0.39 is 11.7 Å². The maximum Gasteiger partial charge on any atom is 0.275 e. The summed E-state index contributed by atoms with van der Waals surface area (Å²) in [6.07, 6.45) is 3.04. The van der Waals surface area contributed by atoms with E-state index in [0.29, 0.717) is 18.1 Å². The summed E-state index contributed by atoms with van der Waals surface area (Å²) in [7, 11) is 0. The lowest BCUT2D eigenvalue weighted by atomic mass is 10.3. The number of hydrogen-bond donors (Lipinski definition) is 2. The van der Waals surface area contributed by atoms with Crippen molar-refractivity contribution < 1.29 is 9.18 Å². The van der Waals surface area contributed by atoms with E-state index >= 15 is 0 Å². The molecule has 7 heteroatoms. The summed E-state index contributed by atoms with van der Waals surface area (Å²) >= 11 is 5.74. The second kappa shape index (κ2) is 5.81. The number of nitrogens with one attached hydrogen (secondary N) is 1. The first kappa shape index (κ1) is 13.5. The largest absolute Gasteiger partial charge is 0.335 e. The predicted octanol–water partition coefficient (Wildman–Crippen LogP) is 1.89. The Morgan fingerprint density at radius 2 is 2.32 bits per heavy atom. The summed E-state index contributed by atoms with van der Waals surface area (Å²) in [4.78, 5) is 15.8. The standard InChI is InChI=1S/C12H12ClFN4O/c13-8-1-2-9(14)10(5-8)17-12(19)11-6-18(4-3-15)7-16-11/h1-2,5-7H,3-4,15H2,(H,17,19). The van der Waals surface area contributed by atoms with Crippen LogP contribution in [0.5, 0.6) is 0 Å². The van der Waals surface area contributed by atoms with Gasteiger partial charge in [-0.3, -0.25) is 4.79 Å². The van der Waals surface area contributed by atoms with E-state index in [1.807, 2.05) is 0 Å². The number of aromatic nitrogens is 2. The third-order valence-electron chi connectivity index (χ3n) is 2.43. The molecule has 1 amide bonds. The van der Waals surface area contributed by atoms with Gasteiger partial charge in [-0.2, -0.15) is 0 Å². The highest BCUT2D eigenvalue weighted by molar-refractivity contribution is 6.31. The molecule has 100 valence electrons. The number of carbonyl (C=O) groups is 1. The first-order chi connectivity index (χ1) is 9.10. The van der Waals surface area contributed by atoms with Crippen LogP contribution in [0.2, 0.25) is 5.02 Å². The van der Waals surface area contributed by atoms with Crippen molar-refractivity contribution in [3.05, 3.63) is 47.3 Å². The summed E-state index contributed by atoms with van der Waals surface area (Å²) in [5.41, 5.74) is 5.60. The van der Waals surface area contributed by atoms with Gasteiger partial charge in [-0.25, -0.2) is 9.37 Å². The van der Waals surface area contributed by atoms with E-state index in [1.54, 1.807) is 10.8 Å². The second-order valence-corrected chi connectivity index (χ2v) is 4.30. The van der Waals surface area contributed by atoms with Gasteiger partial charge in [0.05, 0.1) is 12.0 Å². The van der Waals surface area contributed by atoms with Gasteiger partial charge < -0.3 is 15.6 Å². The Kier molecular flexibility index (Phi) is 4.13. The lowest BCUT2D eigenvalue weighted by Crippen LogP contribution is -2.13. The monoisotopic (exact) mass is 282 g/mol. The number of rotatable bonds is 4. The van der Waals surface area contributed by atoms with Gasteiger partial charge in [0.2, 0.25) is 0 Å². The molecular formula is C12H12ClFN4O. The summed E-state index contributed by atoms with van der Waals surface area (Å²) in [6.45, 7) is 1.01. The molecule has 19 heavy (non-hydrogen) atoms. The fourth-order valence-corrected chi connectivity index (χ4v) is 1.70. The smallest absolute Gasteiger partial charge is 0.275 e. The second-order valence-electron chi connectivity index (χ2n) is 3.86. The quantitative estimate of drug-likeness (QED) is 0.899. The van der Waals surface area contributed by atoms with E-state index in [9.17, 15) is 9.18 Å². The molecule has 0 aliphatic rings. The molecule has 0 saturated heterocycles. The van der Waals surface area contributed by atoms with E-state index in [0.717, 1.165) is 0 Å². The van der Waals surface area contributed by atoms with Crippen molar-refractivity contribution in [2.24, 2.45) is 5.73 Å². The molecule has 2 rings (SSSR count). The Labute approximate surface area is 114 Å². The minimum atomic E-state index is -0.556. The number of imidazole rings is 1. The molecule has 0 unspecified atom stereocenters. The van der Waals surface area contributed by atoms with Crippen molar-refractivity contribution in [2.75, 3.05) is 11.9 Å². The third kappa shape index (κ3) is 3.30. The highest BCUT2D eigenvalue weighted by Gasteiger charge is 2.12. The van der Waals surface area contributed by atoms with Crippen LogP contribution in [0.3, 0.4) is 0 Å². The lowest BCUT2D eigenvalue weighted by molar-refractivity contribution is 0.102. The number of halogens is 2. The molecule has 0 radical (unpaired) electrons. The molecule has 0 bridgehead atoms. The molecule has 0 aliphatic carbocycles. The van der Waals surface area contributed by atoms with E-state index in [4.69, 9.17) is 17.3 Å². The molecular weight excluding hydrogens is 271 g/mol. The summed E-state index contributed by atoms with van der Waals surface area (Å²) in [6, 6.07) is 3.93. The molecule has 0 saturated carbocycles. The topological polar surface area (TPSA) is 72.9 Å². The van der Waals surface area contributed by atoms with Gasteiger partial charge in [0, 0.05) is 24.3 Å². The summed E-state index contributed by atoms with van der Waals surface area (Å²) < 4.78 is 15.1. The minimum absolute atomic E-state index is 0.0193. The van der Waals surface area contributed by atoms with Crippen molar-refractivity contribution in [3.8, 4) is 0 Å². The predicted molar refractivity (Wildman–Crippen MR) is 70.6 cm³/mol. The molecule has 0 atom stereocenters. The van der Waals surface area contributed by atoms with Gasteiger partial charge >= 0.3 is 0 Å². The van der Waals surface area contributed by atoms with Crippen LogP contribution in [0.1, 0.15) is 10.5 Å². The molecule has 5 nitrogen and oxygen atoms in total. The van der Waals surface area contributed by atoms with Gasteiger partial charge in [0.25, 0.3) is 5.91 Å². The molecule has 0 aliphatic heterocycles. The maximum absolute atomic E-state index is 13.5. The van der Waals surface area contributed by atoms with Crippen molar-refractivity contribution >= 4 is 23.2 Å². The number of hydrogen-bond acceptors (Lipinski definition) is 3. The van der Waals surface area contributed by atoms with Crippen LogP contribution >= 0.6 is 11.6 Å². The fraction of sp³-hybridized carbons (Fsp3) is 0.167. The molecule has 1 aromatic heterocycles. The Morgan fingerprint density at radius 3 is 3.05 bits per heavy atom. The Balaban J connectivity index is 2.13. The summed E-state index contributed by atoms with van der Waals surface area (Å²) in [5, 5.41) is 2.76. The van der Waals surface area contributed by atoms with Gasteiger partial charge in [-0.15, -0.1) is 0 Å². The van der Waals surface area contributed by atoms with E-state index in [1.165, 1.54) is 24.5 Å². The molecule has 1 heterocycles. The maximum atomic E-state index is 13.5. The van der Waals surface area contributed by atoms with Crippen LogP contribution < -0.4 is 11.1 Å². The molecule has 0 spiro atoms. The Morgan fingerprint density at radius 1 is 1.53 bits per heavy atom. The average Bonchev–Trinajstić information content (AvgIpc) is 2.83. The van der Waals surface area contributed by atoms with Crippen LogP contribution in [0.4, 0.5) is 10.1 Å². The first-order valence-corrected chi connectivity index (χ1v) is 5.96. The molecule has 1 aromatic carbocycles. The minimum Gasteiger partial charge on any atom is -0.335 e. The van der Waals surface area contributed by atoms with E-state index in [-0.39, 0.29) is 11.4 Å². The fourth-order valence-electron chi connectivity index (χ4n) is 1.53. The van der Waals surface area contributed by atoms with Gasteiger partial charge in [-0.05, 0) is 18.2 Å². The number of nitrogens with zero attached hydrogens (tertiary/aromatic N) is 2. The number of carbonyl (C=O) groups excluding carboxylic acids is 1. The molecule has 3 N–H and O–H groups in total. The Bertz CT molecular complexity index is 599. The first-order valence-electron chi connectivity index (χ1n) is 5.58. The highest BCUT2D eigenvalue weighted by Crippen LogP contribution is 2.20. The average molecular weight is 283 g/mol. The zero-order valence-electron chi connectivity index (χ0n) is 9.94. The number of anilines is 1. The van der Waals surface area contributed by atoms with Crippen molar-refractivity contribution in [1.82, 2.24) is 9.55 Å². The van der Waals surface area contributed by atoms with Crippen molar-refractivity contribution in [2.45, 2.75) is 6.54 Å².